The van der Waals surface area contributed by atoms with Crippen molar-refractivity contribution in [2.75, 3.05) is 11.9 Å². The van der Waals surface area contributed by atoms with Gasteiger partial charge in [0.15, 0.2) is 0 Å². The maximum Gasteiger partial charge on any atom is 0.341 e. The SMILES string of the molecule is CCOC(=O)c1c(NC(=O)Cc2ccccc2)sc2c1CC[C@](C#N)(c1ccccc1)C2. The first-order valence-corrected chi connectivity index (χ1v) is 11.5. The maximum absolute atomic E-state index is 12.8. The molecule has 0 saturated heterocycles. The minimum Gasteiger partial charge on any atom is -0.462 e. The Labute approximate surface area is 191 Å². The normalized spacial score (nSPS) is 17.1. The van der Waals surface area contributed by atoms with E-state index in [1.54, 1.807) is 6.92 Å². The molecule has 1 N–H and O–H groups in total. The van der Waals surface area contributed by atoms with Crippen molar-refractivity contribution in [3.8, 4) is 6.07 Å². The third-order valence-electron chi connectivity index (χ3n) is 5.84. The summed E-state index contributed by atoms with van der Waals surface area (Å²) in [7, 11) is 0. The molecule has 0 fully saturated rings. The first kappa shape index (κ1) is 21.8. The molecule has 0 unspecified atom stereocenters. The predicted molar refractivity (Wildman–Crippen MR) is 125 cm³/mol. The van der Waals surface area contributed by atoms with Crippen LogP contribution in [0.15, 0.2) is 60.7 Å². The monoisotopic (exact) mass is 444 g/mol. The molecule has 1 amide bonds. The Morgan fingerprint density at radius 1 is 1.12 bits per heavy atom. The number of benzene rings is 2. The number of nitrogens with zero attached hydrogens (tertiary/aromatic N) is 1. The van der Waals surface area contributed by atoms with Crippen LogP contribution in [0, 0.1) is 11.3 Å². The van der Waals surface area contributed by atoms with E-state index < -0.39 is 11.4 Å². The lowest BCUT2D eigenvalue weighted by atomic mass is 9.70. The summed E-state index contributed by atoms with van der Waals surface area (Å²) in [6.45, 7) is 2.02. The number of carbonyl (C=O) groups is 2. The van der Waals surface area contributed by atoms with E-state index in [9.17, 15) is 14.9 Å². The van der Waals surface area contributed by atoms with Gasteiger partial charge in [0.1, 0.15) is 5.00 Å². The molecular weight excluding hydrogens is 420 g/mol. The Hall–Kier alpha value is -3.43. The highest BCUT2D eigenvalue weighted by Crippen LogP contribution is 2.45. The fourth-order valence-electron chi connectivity index (χ4n) is 4.24. The zero-order valence-electron chi connectivity index (χ0n) is 17.9. The van der Waals surface area contributed by atoms with Crippen LogP contribution in [-0.2, 0) is 34.2 Å². The second-order valence-corrected chi connectivity index (χ2v) is 8.98. The number of rotatable bonds is 6. The minimum absolute atomic E-state index is 0.185. The van der Waals surface area contributed by atoms with Crippen LogP contribution < -0.4 is 5.32 Å². The third-order valence-corrected chi connectivity index (χ3v) is 6.98. The molecule has 0 radical (unpaired) electrons. The second kappa shape index (κ2) is 9.37. The Morgan fingerprint density at radius 2 is 1.81 bits per heavy atom. The van der Waals surface area contributed by atoms with E-state index in [0.29, 0.717) is 29.8 Å². The third kappa shape index (κ3) is 4.30. The molecular formula is C26H24N2O3S. The Kier molecular flexibility index (Phi) is 6.38. The fraction of sp³-hybridized carbons (Fsp3) is 0.269. The number of carbonyl (C=O) groups excluding carboxylic acids is 2. The Balaban J connectivity index is 1.67. The van der Waals surface area contributed by atoms with Crippen molar-refractivity contribution in [2.45, 2.75) is 38.0 Å². The molecule has 162 valence electrons. The van der Waals surface area contributed by atoms with Crippen LogP contribution in [0.2, 0.25) is 0 Å². The van der Waals surface area contributed by atoms with Gasteiger partial charge in [0, 0.05) is 11.3 Å². The molecule has 0 bridgehead atoms. The average Bonchev–Trinajstić information content (AvgIpc) is 3.16. The van der Waals surface area contributed by atoms with E-state index in [-0.39, 0.29) is 18.9 Å². The van der Waals surface area contributed by atoms with Crippen LogP contribution in [0.25, 0.3) is 0 Å². The van der Waals surface area contributed by atoms with Crippen LogP contribution in [0.1, 0.15) is 45.3 Å². The minimum atomic E-state index is -0.642. The molecule has 4 rings (SSSR count). The smallest absolute Gasteiger partial charge is 0.341 e. The molecule has 0 saturated carbocycles. The lowest BCUT2D eigenvalue weighted by molar-refractivity contribution is -0.115. The zero-order valence-corrected chi connectivity index (χ0v) is 18.7. The van der Waals surface area contributed by atoms with E-state index in [4.69, 9.17) is 4.74 Å². The summed E-state index contributed by atoms with van der Waals surface area (Å²) in [5.74, 6) is -0.612. The van der Waals surface area contributed by atoms with Gasteiger partial charge in [0.25, 0.3) is 0 Å². The number of thiophene rings is 1. The fourth-order valence-corrected chi connectivity index (χ4v) is 5.61. The van der Waals surface area contributed by atoms with Crippen molar-refractivity contribution in [1.29, 1.82) is 5.26 Å². The molecule has 0 spiro atoms. The summed E-state index contributed by atoms with van der Waals surface area (Å²) >= 11 is 1.38. The summed E-state index contributed by atoms with van der Waals surface area (Å²) < 4.78 is 5.31. The predicted octanol–water partition coefficient (Wildman–Crippen LogP) is 5.06. The number of fused-ring (bicyclic) bond motifs is 1. The Bertz CT molecular complexity index is 1170. The number of hydrogen-bond acceptors (Lipinski definition) is 5. The van der Waals surface area contributed by atoms with Crippen LogP contribution in [-0.4, -0.2) is 18.5 Å². The number of anilines is 1. The summed E-state index contributed by atoms with van der Waals surface area (Å²) in [4.78, 5) is 26.5. The van der Waals surface area contributed by atoms with Gasteiger partial charge in [-0.3, -0.25) is 4.79 Å². The molecule has 2 aromatic carbocycles. The van der Waals surface area contributed by atoms with Gasteiger partial charge in [-0.05, 0) is 36.5 Å². The van der Waals surface area contributed by atoms with Crippen molar-refractivity contribution in [3.05, 3.63) is 87.8 Å². The molecule has 0 aliphatic heterocycles. The second-order valence-electron chi connectivity index (χ2n) is 7.88. The molecule has 1 heterocycles. The van der Waals surface area contributed by atoms with E-state index in [0.717, 1.165) is 21.6 Å². The number of amides is 1. The first-order valence-electron chi connectivity index (χ1n) is 10.7. The topological polar surface area (TPSA) is 79.2 Å². The van der Waals surface area contributed by atoms with E-state index in [2.05, 4.69) is 11.4 Å². The van der Waals surface area contributed by atoms with Crippen molar-refractivity contribution >= 4 is 28.2 Å². The van der Waals surface area contributed by atoms with Crippen LogP contribution in [0.3, 0.4) is 0 Å². The van der Waals surface area contributed by atoms with Crippen LogP contribution in [0.4, 0.5) is 5.00 Å². The maximum atomic E-state index is 12.8. The molecule has 3 aromatic rings. The van der Waals surface area contributed by atoms with Gasteiger partial charge in [0.05, 0.1) is 30.1 Å². The lowest BCUT2D eigenvalue weighted by Gasteiger charge is -2.31. The molecule has 1 aliphatic rings. The van der Waals surface area contributed by atoms with Gasteiger partial charge in [-0.25, -0.2) is 4.79 Å². The van der Waals surface area contributed by atoms with E-state index in [1.165, 1.54) is 11.3 Å². The summed E-state index contributed by atoms with van der Waals surface area (Å²) in [6, 6.07) is 21.8. The molecule has 1 aliphatic carbocycles. The van der Waals surface area contributed by atoms with Gasteiger partial charge >= 0.3 is 5.97 Å². The summed E-state index contributed by atoms with van der Waals surface area (Å²) in [6.07, 6.45) is 1.92. The van der Waals surface area contributed by atoms with E-state index >= 15 is 0 Å². The number of esters is 1. The van der Waals surface area contributed by atoms with Gasteiger partial charge in [-0.2, -0.15) is 5.26 Å². The van der Waals surface area contributed by atoms with Gasteiger partial charge in [-0.15, -0.1) is 11.3 Å². The number of nitrogens with one attached hydrogen (secondary N) is 1. The van der Waals surface area contributed by atoms with Crippen molar-refractivity contribution in [1.82, 2.24) is 0 Å². The number of ether oxygens (including phenoxy) is 1. The standard InChI is InChI=1S/C26H24N2O3S/c1-2-31-25(30)23-20-13-14-26(17-27,19-11-7-4-8-12-19)16-21(20)32-24(23)28-22(29)15-18-9-5-3-6-10-18/h3-12H,2,13-16H2,1H3,(H,28,29)/t26-/m0/s1. The highest BCUT2D eigenvalue weighted by atomic mass is 32.1. The number of nitriles is 1. The number of hydrogen-bond donors (Lipinski definition) is 1. The van der Waals surface area contributed by atoms with E-state index in [1.807, 2.05) is 60.7 Å². The molecule has 6 heteroatoms. The molecule has 1 aromatic heterocycles. The molecule has 1 atom stereocenters. The molecule has 5 nitrogen and oxygen atoms in total. The van der Waals surface area contributed by atoms with Crippen molar-refractivity contribution in [2.24, 2.45) is 0 Å². The zero-order chi connectivity index (χ0) is 22.6. The first-order chi connectivity index (χ1) is 15.6. The molecule has 32 heavy (non-hydrogen) atoms. The van der Waals surface area contributed by atoms with Gasteiger partial charge in [0.2, 0.25) is 5.91 Å². The Morgan fingerprint density at radius 3 is 2.47 bits per heavy atom. The highest BCUT2D eigenvalue weighted by Gasteiger charge is 2.40. The van der Waals surface area contributed by atoms with Crippen molar-refractivity contribution < 1.29 is 14.3 Å². The lowest BCUT2D eigenvalue weighted by Crippen LogP contribution is -2.31. The van der Waals surface area contributed by atoms with Gasteiger partial charge < -0.3 is 10.1 Å². The van der Waals surface area contributed by atoms with Gasteiger partial charge in [-0.1, -0.05) is 60.7 Å². The quantitative estimate of drug-likeness (QED) is 0.539. The van der Waals surface area contributed by atoms with Crippen molar-refractivity contribution in [3.63, 3.8) is 0 Å². The highest BCUT2D eigenvalue weighted by molar-refractivity contribution is 7.17. The average molecular weight is 445 g/mol. The summed E-state index contributed by atoms with van der Waals surface area (Å²) in [5.41, 5.74) is 2.57. The summed E-state index contributed by atoms with van der Waals surface area (Å²) in [5, 5.41) is 13.5. The largest absolute Gasteiger partial charge is 0.462 e. The van der Waals surface area contributed by atoms with Crippen LogP contribution in [0.5, 0.6) is 0 Å². The van der Waals surface area contributed by atoms with Crippen LogP contribution >= 0.6 is 11.3 Å².